The van der Waals surface area contributed by atoms with Crippen molar-refractivity contribution in [1.82, 2.24) is 0 Å². The molecule has 0 fully saturated rings. The first kappa shape index (κ1) is 21.2. The Morgan fingerprint density at radius 1 is 0.704 bits per heavy atom. The van der Waals surface area contributed by atoms with Gasteiger partial charge in [-0.3, -0.25) is 4.79 Å². The van der Waals surface area contributed by atoms with Crippen LogP contribution < -0.4 is 4.90 Å². The van der Waals surface area contributed by atoms with E-state index in [-0.39, 0.29) is 5.78 Å². The molecule has 0 aliphatic rings. The van der Waals surface area contributed by atoms with E-state index >= 15 is 0 Å². The smallest absolute Gasteiger partial charge is 0.193 e. The molecule has 0 aliphatic heterocycles. The summed E-state index contributed by atoms with van der Waals surface area (Å²) in [6.45, 7) is 8.50. The Morgan fingerprint density at radius 3 is 1.78 bits per heavy atom. The van der Waals surface area contributed by atoms with E-state index in [1.54, 1.807) is 0 Å². The first-order valence-electron chi connectivity index (χ1n) is 10.7. The van der Waals surface area contributed by atoms with Crippen LogP contribution in [0.4, 0.5) is 5.69 Å². The highest BCUT2D eigenvalue weighted by Gasteiger charge is 2.10. The highest BCUT2D eigenvalue weighted by Crippen LogP contribution is 2.18. The largest absolute Gasteiger partial charge is 0.372 e. The van der Waals surface area contributed by atoms with Gasteiger partial charge in [-0.25, -0.2) is 0 Å². The molecule has 0 heterocycles. The molecule has 2 aromatic rings. The molecule has 0 N–H and O–H groups in total. The van der Waals surface area contributed by atoms with Crippen LogP contribution in [0.1, 0.15) is 80.8 Å². The van der Waals surface area contributed by atoms with Crippen LogP contribution in [-0.4, -0.2) is 18.9 Å². The first-order chi connectivity index (χ1) is 13.2. The van der Waals surface area contributed by atoms with E-state index < -0.39 is 0 Å². The lowest BCUT2D eigenvalue weighted by atomic mass is 9.99. The summed E-state index contributed by atoms with van der Waals surface area (Å²) < 4.78 is 0. The molecule has 0 saturated heterocycles. The number of rotatable bonds is 12. The van der Waals surface area contributed by atoms with Gasteiger partial charge in [-0.15, -0.1) is 0 Å². The number of unbranched alkanes of at least 4 members (excludes halogenated alkanes) is 5. The number of carbonyl (C=O) groups is 1. The van der Waals surface area contributed by atoms with Crippen LogP contribution in [0, 0.1) is 0 Å². The lowest BCUT2D eigenvalue weighted by Crippen LogP contribution is -2.21. The van der Waals surface area contributed by atoms with E-state index in [4.69, 9.17) is 0 Å². The highest BCUT2D eigenvalue weighted by molar-refractivity contribution is 6.09. The minimum absolute atomic E-state index is 0.104. The fraction of sp³-hybridized carbons (Fsp3) is 0.480. The molecule has 2 aromatic carbocycles. The predicted octanol–water partition coefficient (Wildman–Crippen LogP) is 6.67. The highest BCUT2D eigenvalue weighted by atomic mass is 16.1. The van der Waals surface area contributed by atoms with Crippen molar-refractivity contribution in [3.05, 3.63) is 65.2 Å². The Kier molecular flexibility index (Phi) is 9.10. The number of nitrogens with zero attached hydrogens (tertiary/aromatic N) is 1. The average Bonchev–Trinajstić information content (AvgIpc) is 2.72. The third-order valence-corrected chi connectivity index (χ3v) is 5.29. The van der Waals surface area contributed by atoms with Gasteiger partial charge in [0.2, 0.25) is 0 Å². The van der Waals surface area contributed by atoms with Gasteiger partial charge < -0.3 is 4.90 Å². The zero-order valence-corrected chi connectivity index (χ0v) is 17.3. The Balaban J connectivity index is 1.89. The van der Waals surface area contributed by atoms with Crippen molar-refractivity contribution < 1.29 is 4.79 Å². The van der Waals surface area contributed by atoms with Crippen molar-refractivity contribution >= 4 is 11.5 Å². The van der Waals surface area contributed by atoms with E-state index in [1.807, 2.05) is 36.4 Å². The van der Waals surface area contributed by atoms with E-state index in [0.29, 0.717) is 0 Å². The maximum Gasteiger partial charge on any atom is 0.193 e. The molecule has 0 aliphatic carbocycles. The summed E-state index contributed by atoms with van der Waals surface area (Å²) in [5.74, 6) is 0.104. The topological polar surface area (TPSA) is 20.3 Å². The fourth-order valence-corrected chi connectivity index (χ4v) is 3.51. The molecule has 2 heteroatoms. The minimum atomic E-state index is 0.104. The summed E-state index contributed by atoms with van der Waals surface area (Å²) in [5, 5.41) is 0. The van der Waals surface area contributed by atoms with Crippen LogP contribution in [-0.2, 0) is 6.42 Å². The zero-order valence-electron chi connectivity index (χ0n) is 17.3. The van der Waals surface area contributed by atoms with Gasteiger partial charge in [0.25, 0.3) is 0 Å². The zero-order chi connectivity index (χ0) is 19.5. The normalized spacial score (nSPS) is 10.8. The van der Waals surface area contributed by atoms with Crippen molar-refractivity contribution in [1.29, 1.82) is 0 Å². The van der Waals surface area contributed by atoms with E-state index in [9.17, 15) is 4.79 Å². The van der Waals surface area contributed by atoms with E-state index in [1.165, 1.54) is 49.8 Å². The molecule has 0 aromatic heterocycles. The van der Waals surface area contributed by atoms with Gasteiger partial charge in [0, 0.05) is 29.9 Å². The molecular formula is C25H35NO. The van der Waals surface area contributed by atoms with Gasteiger partial charge >= 0.3 is 0 Å². The lowest BCUT2D eigenvalue weighted by Gasteiger charge is -2.21. The van der Waals surface area contributed by atoms with Gasteiger partial charge in [-0.05, 0) is 56.5 Å². The summed E-state index contributed by atoms with van der Waals surface area (Å²) in [4.78, 5) is 15.0. The molecule has 27 heavy (non-hydrogen) atoms. The van der Waals surface area contributed by atoms with Crippen LogP contribution in [0.3, 0.4) is 0 Å². The third-order valence-electron chi connectivity index (χ3n) is 5.29. The molecule has 0 spiro atoms. The molecular weight excluding hydrogens is 330 g/mol. The van der Waals surface area contributed by atoms with Gasteiger partial charge in [0.05, 0.1) is 0 Å². The number of carbonyl (C=O) groups excluding carboxylic acids is 1. The second kappa shape index (κ2) is 11.6. The van der Waals surface area contributed by atoms with Gasteiger partial charge in [-0.1, -0.05) is 63.3 Å². The first-order valence-corrected chi connectivity index (χ1v) is 10.7. The average molecular weight is 366 g/mol. The quantitative estimate of drug-likeness (QED) is 0.309. The molecule has 0 unspecified atom stereocenters. The van der Waals surface area contributed by atoms with Crippen LogP contribution in [0.25, 0.3) is 0 Å². The van der Waals surface area contributed by atoms with Crippen molar-refractivity contribution in [2.45, 2.75) is 65.7 Å². The maximum absolute atomic E-state index is 12.7. The lowest BCUT2D eigenvalue weighted by molar-refractivity contribution is 0.103. The number of ketones is 1. The summed E-state index contributed by atoms with van der Waals surface area (Å²) >= 11 is 0. The van der Waals surface area contributed by atoms with Crippen molar-refractivity contribution in [2.24, 2.45) is 0 Å². The Bertz CT molecular complexity index is 668. The van der Waals surface area contributed by atoms with Crippen LogP contribution in [0.2, 0.25) is 0 Å². The molecule has 2 nitrogen and oxygen atoms in total. The third kappa shape index (κ3) is 6.53. The van der Waals surface area contributed by atoms with Crippen molar-refractivity contribution in [2.75, 3.05) is 18.0 Å². The molecule has 0 atom stereocenters. The molecule has 2 rings (SSSR count). The standard InChI is InChI=1S/C25H35NO/c1-4-7-8-9-10-11-12-21-13-15-22(16-14-21)25(27)23-17-19-24(20-18-23)26(5-2)6-3/h13-20H,4-12H2,1-3H3. The molecule has 0 bridgehead atoms. The van der Waals surface area contributed by atoms with E-state index in [0.717, 1.165) is 30.6 Å². The Morgan fingerprint density at radius 2 is 1.22 bits per heavy atom. The minimum Gasteiger partial charge on any atom is -0.372 e. The monoisotopic (exact) mass is 365 g/mol. The van der Waals surface area contributed by atoms with Gasteiger partial charge in [0.15, 0.2) is 5.78 Å². The Labute approximate surface area is 165 Å². The number of aryl methyl sites for hydroxylation is 1. The maximum atomic E-state index is 12.7. The molecule has 0 saturated carbocycles. The second-order valence-corrected chi connectivity index (χ2v) is 7.26. The number of benzene rings is 2. The predicted molar refractivity (Wildman–Crippen MR) is 117 cm³/mol. The number of hydrogen-bond donors (Lipinski definition) is 0. The Hall–Kier alpha value is -2.09. The SMILES string of the molecule is CCCCCCCCc1ccc(C(=O)c2ccc(N(CC)CC)cc2)cc1. The van der Waals surface area contributed by atoms with Gasteiger partial charge in [-0.2, -0.15) is 0 Å². The number of anilines is 1. The van der Waals surface area contributed by atoms with Gasteiger partial charge in [0.1, 0.15) is 0 Å². The van der Waals surface area contributed by atoms with Crippen LogP contribution in [0.5, 0.6) is 0 Å². The van der Waals surface area contributed by atoms with Crippen LogP contribution >= 0.6 is 0 Å². The van der Waals surface area contributed by atoms with Crippen molar-refractivity contribution in [3.8, 4) is 0 Å². The molecule has 146 valence electrons. The summed E-state index contributed by atoms with van der Waals surface area (Å²) in [5.41, 5.74) is 4.04. The van der Waals surface area contributed by atoms with E-state index in [2.05, 4.69) is 37.8 Å². The summed E-state index contributed by atoms with van der Waals surface area (Å²) in [6, 6.07) is 16.2. The second-order valence-electron chi connectivity index (χ2n) is 7.26. The van der Waals surface area contributed by atoms with Crippen LogP contribution in [0.15, 0.2) is 48.5 Å². The van der Waals surface area contributed by atoms with Crippen molar-refractivity contribution in [3.63, 3.8) is 0 Å². The summed E-state index contributed by atoms with van der Waals surface area (Å²) in [7, 11) is 0. The molecule has 0 radical (unpaired) electrons. The fourth-order valence-electron chi connectivity index (χ4n) is 3.51. The summed E-state index contributed by atoms with van der Waals surface area (Å²) in [6.07, 6.45) is 9.01. The number of hydrogen-bond acceptors (Lipinski definition) is 2. The molecule has 0 amide bonds.